The molecule has 0 aromatic heterocycles. The van der Waals surface area contributed by atoms with E-state index < -0.39 is 0 Å². The molecule has 2 N–H and O–H groups in total. The summed E-state index contributed by atoms with van der Waals surface area (Å²) >= 11 is 0. The SMILES string of the molecule is Cc1ccccc1CCC(=O)NCCC(C)O. The largest absolute Gasteiger partial charge is 0.393 e. The standard InChI is InChI=1S/C14H21NO2/c1-11-5-3-4-6-13(11)7-8-14(17)15-10-9-12(2)16/h3-6,12,16H,7-10H2,1-2H3,(H,15,17). The summed E-state index contributed by atoms with van der Waals surface area (Å²) < 4.78 is 0. The zero-order valence-corrected chi connectivity index (χ0v) is 10.6. The summed E-state index contributed by atoms with van der Waals surface area (Å²) in [6.07, 6.45) is 1.53. The van der Waals surface area contributed by atoms with Crippen LogP contribution in [0.25, 0.3) is 0 Å². The van der Waals surface area contributed by atoms with Crippen LogP contribution in [0.4, 0.5) is 0 Å². The number of carbonyl (C=O) groups is 1. The first kappa shape index (κ1) is 13.7. The highest BCUT2D eigenvalue weighted by Gasteiger charge is 2.04. The molecule has 1 rings (SSSR count). The van der Waals surface area contributed by atoms with Gasteiger partial charge in [-0.25, -0.2) is 0 Å². The van der Waals surface area contributed by atoms with Crippen molar-refractivity contribution in [2.45, 2.75) is 39.2 Å². The molecule has 1 aromatic carbocycles. The minimum Gasteiger partial charge on any atom is -0.393 e. The van der Waals surface area contributed by atoms with Gasteiger partial charge in [-0.15, -0.1) is 0 Å². The van der Waals surface area contributed by atoms with Gasteiger partial charge in [0.05, 0.1) is 6.10 Å². The number of benzene rings is 1. The number of hydrogen-bond donors (Lipinski definition) is 2. The topological polar surface area (TPSA) is 49.3 Å². The zero-order chi connectivity index (χ0) is 12.7. The average molecular weight is 235 g/mol. The lowest BCUT2D eigenvalue weighted by atomic mass is 10.0. The highest BCUT2D eigenvalue weighted by molar-refractivity contribution is 5.76. The van der Waals surface area contributed by atoms with E-state index in [9.17, 15) is 4.79 Å². The maximum atomic E-state index is 11.5. The van der Waals surface area contributed by atoms with Crippen LogP contribution in [-0.4, -0.2) is 23.7 Å². The Hall–Kier alpha value is -1.35. The van der Waals surface area contributed by atoms with Gasteiger partial charge in [0.15, 0.2) is 0 Å². The molecule has 94 valence electrons. The quantitative estimate of drug-likeness (QED) is 0.790. The molecule has 0 aliphatic rings. The molecule has 1 amide bonds. The predicted molar refractivity (Wildman–Crippen MR) is 68.8 cm³/mol. The normalized spacial score (nSPS) is 12.2. The number of rotatable bonds is 6. The fourth-order valence-electron chi connectivity index (χ4n) is 1.65. The third kappa shape index (κ3) is 5.50. The molecule has 1 aromatic rings. The third-order valence-electron chi connectivity index (χ3n) is 2.77. The van der Waals surface area contributed by atoms with E-state index in [0.717, 1.165) is 6.42 Å². The van der Waals surface area contributed by atoms with E-state index in [1.54, 1.807) is 6.92 Å². The Bertz CT molecular complexity index is 361. The van der Waals surface area contributed by atoms with Crippen LogP contribution in [0.3, 0.4) is 0 Å². The van der Waals surface area contributed by atoms with Crippen molar-refractivity contribution >= 4 is 5.91 Å². The first-order valence-electron chi connectivity index (χ1n) is 6.09. The lowest BCUT2D eigenvalue weighted by molar-refractivity contribution is -0.121. The Balaban J connectivity index is 2.26. The van der Waals surface area contributed by atoms with Crippen LogP contribution in [0.5, 0.6) is 0 Å². The van der Waals surface area contributed by atoms with Crippen LogP contribution in [0.15, 0.2) is 24.3 Å². The summed E-state index contributed by atoms with van der Waals surface area (Å²) in [5, 5.41) is 11.9. The Kier molecular flexibility index (Phi) is 5.70. The van der Waals surface area contributed by atoms with Crippen LogP contribution in [0, 0.1) is 6.92 Å². The summed E-state index contributed by atoms with van der Waals surface area (Å²) in [5.74, 6) is 0.0499. The van der Waals surface area contributed by atoms with E-state index in [4.69, 9.17) is 5.11 Å². The lowest BCUT2D eigenvalue weighted by Gasteiger charge is -2.08. The fourth-order valence-corrected chi connectivity index (χ4v) is 1.65. The minimum atomic E-state index is -0.355. The maximum Gasteiger partial charge on any atom is 0.220 e. The minimum absolute atomic E-state index is 0.0499. The van der Waals surface area contributed by atoms with Crippen LogP contribution < -0.4 is 5.32 Å². The van der Waals surface area contributed by atoms with Crippen molar-refractivity contribution in [2.24, 2.45) is 0 Å². The molecule has 17 heavy (non-hydrogen) atoms. The van der Waals surface area contributed by atoms with Crippen molar-refractivity contribution in [3.05, 3.63) is 35.4 Å². The maximum absolute atomic E-state index is 11.5. The smallest absolute Gasteiger partial charge is 0.220 e. The van der Waals surface area contributed by atoms with Crippen LogP contribution in [-0.2, 0) is 11.2 Å². The van der Waals surface area contributed by atoms with E-state index in [0.29, 0.717) is 19.4 Å². The van der Waals surface area contributed by atoms with Gasteiger partial charge in [-0.3, -0.25) is 4.79 Å². The Morgan fingerprint density at radius 1 is 1.41 bits per heavy atom. The van der Waals surface area contributed by atoms with Gasteiger partial charge in [-0.1, -0.05) is 24.3 Å². The highest BCUT2D eigenvalue weighted by Crippen LogP contribution is 2.09. The molecule has 0 heterocycles. The lowest BCUT2D eigenvalue weighted by Crippen LogP contribution is -2.26. The van der Waals surface area contributed by atoms with Crippen LogP contribution in [0.1, 0.15) is 30.9 Å². The van der Waals surface area contributed by atoms with Crippen LogP contribution in [0.2, 0.25) is 0 Å². The average Bonchev–Trinajstić information content (AvgIpc) is 2.27. The molecule has 3 heteroatoms. The Morgan fingerprint density at radius 3 is 2.76 bits per heavy atom. The molecule has 0 aliphatic carbocycles. The number of aliphatic hydroxyl groups is 1. The van der Waals surface area contributed by atoms with Crippen LogP contribution >= 0.6 is 0 Å². The number of carbonyl (C=O) groups excluding carboxylic acids is 1. The highest BCUT2D eigenvalue weighted by atomic mass is 16.3. The van der Waals surface area contributed by atoms with Crippen molar-refractivity contribution in [1.82, 2.24) is 5.32 Å². The van der Waals surface area contributed by atoms with Gasteiger partial charge in [-0.2, -0.15) is 0 Å². The number of amides is 1. The molecule has 0 saturated carbocycles. The molecule has 0 saturated heterocycles. The van der Waals surface area contributed by atoms with Crippen molar-refractivity contribution < 1.29 is 9.90 Å². The first-order chi connectivity index (χ1) is 8.09. The second kappa shape index (κ2) is 7.07. The first-order valence-corrected chi connectivity index (χ1v) is 6.09. The molecule has 1 atom stereocenters. The number of nitrogens with one attached hydrogen (secondary N) is 1. The predicted octanol–water partition coefficient (Wildman–Crippen LogP) is 1.81. The monoisotopic (exact) mass is 235 g/mol. The van der Waals surface area contributed by atoms with Gasteiger partial charge in [0.2, 0.25) is 5.91 Å². The van der Waals surface area contributed by atoms with E-state index in [2.05, 4.69) is 24.4 Å². The van der Waals surface area contributed by atoms with Crippen molar-refractivity contribution in [2.75, 3.05) is 6.54 Å². The zero-order valence-electron chi connectivity index (χ0n) is 10.6. The Labute approximate surface area is 103 Å². The van der Waals surface area contributed by atoms with Crippen molar-refractivity contribution in [3.63, 3.8) is 0 Å². The van der Waals surface area contributed by atoms with E-state index in [1.165, 1.54) is 11.1 Å². The Morgan fingerprint density at radius 2 is 2.12 bits per heavy atom. The van der Waals surface area contributed by atoms with Gasteiger partial charge < -0.3 is 10.4 Å². The van der Waals surface area contributed by atoms with Gasteiger partial charge in [0, 0.05) is 13.0 Å². The summed E-state index contributed by atoms with van der Waals surface area (Å²) in [6.45, 7) is 4.32. The molecule has 0 fully saturated rings. The molecule has 1 unspecified atom stereocenters. The summed E-state index contributed by atoms with van der Waals surface area (Å²) in [6, 6.07) is 8.11. The van der Waals surface area contributed by atoms with E-state index >= 15 is 0 Å². The number of hydrogen-bond acceptors (Lipinski definition) is 2. The van der Waals surface area contributed by atoms with Crippen molar-refractivity contribution in [3.8, 4) is 0 Å². The second-order valence-corrected chi connectivity index (χ2v) is 4.41. The summed E-state index contributed by atoms with van der Waals surface area (Å²) in [4.78, 5) is 11.5. The molecule has 0 bridgehead atoms. The number of aryl methyl sites for hydroxylation is 2. The summed E-state index contributed by atoms with van der Waals surface area (Å²) in [5.41, 5.74) is 2.45. The van der Waals surface area contributed by atoms with E-state index in [1.807, 2.05) is 12.1 Å². The van der Waals surface area contributed by atoms with Gasteiger partial charge in [0.1, 0.15) is 0 Å². The van der Waals surface area contributed by atoms with Crippen molar-refractivity contribution in [1.29, 1.82) is 0 Å². The molecular formula is C14H21NO2. The summed E-state index contributed by atoms with van der Waals surface area (Å²) in [7, 11) is 0. The second-order valence-electron chi connectivity index (χ2n) is 4.41. The molecule has 0 aliphatic heterocycles. The molecule has 0 spiro atoms. The third-order valence-corrected chi connectivity index (χ3v) is 2.77. The van der Waals surface area contributed by atoms with E-state index in [-0.39, 0.29) is 12.0 Å². The number of aliphatic hydroxyl groups excluding tert-OH is 1. The molecule has 3 nitrogen and oxygen atoms in total. The van der Waals surface area contributed by atoms with Gasteiger partial charge >= 0.3 is 0 Å². The fraction of sp³-hybridized carbons (Fsp3) is 0.500. The van der Waals surface area contributed by atoms with Gasteiger partial charge in [-0.05, 0) is 37.8 Å². The molecular weight excluding hydrogens is 214 g/mol. The van der Waals surface area contributed by atoms with Gasteiger partial charge in [0.25, 0.3) is 0 Å². The molecule has 0 radical (unpaired) electrons.